The van der Waals surface area contributed by atoms with Gasteiger partial charge in [-0.15, -0.1) is 0 Å². The zero-order chi connectivity index (χ0) is 13.1. The Kier molecular flexibility index (Phi) is 3.29. The van der Waals surface area contributed by atoms with E-state index in [0.29, 0.717) is 17.7 Å². The van der Waals surface area contributed by atoms with E-state index in [1.165, 1.54) is 0 Å². The van der Waals surface area contributed by atoms with Crippen molar-refractivity contribution in [3.8, 4) is 0 Å². The second-order valence-electron chi connectivity index (χ2n) is 3.98. The fourth-order valence-electron chi connectivity index (χ4n) is 1.78. The van der Waals surface area contributed by atoms with E-state index in [2.05, 4.69) is 10.4 Å². The van der Waals surface area contributed by atoms with E-state index in [0.717, 1.165) is 10.2 Å². The van der Waals surface area contributed by atoms with Crippen molar-refractivity contribution < 1.29 is 0 Å². The van der Waals surface area contributed by atoms with Crippen LogP contribution >= 0.6 is 0 Å². The lowest BCUT2D eigenvalue weighted by Gasteiger charge is -2.11. The predicted octanol–water partition coefficient (Wildman–Crippen LogP) is 0.142. The van der Waals surface area contributed by atoms with Crippen LogP contribution in [0.5, 0.6) is 0 Å². The molecule has 0 amide bonds. The minimum Gasteiger partial charge on any atom is -0.333 e. The first-order chi connectivity index (χ1) is 8.63. The van der Waals surface area contributed by atoms with Crippen molar-refractivity contribution >= 4 is 5.95 Å². The minimum atomic E-state index is -0.292. The molecule has 6 nitrogen and oxygen atoms in total. The molecular formula is C12H15N5O. The zero-order valence-corrected chi connectivity index (χ0v) is 10.1. The molecular weight excluding hydrogens is 230 g/mol. The molecule has 18 heavy (non-hydrogen) atoms. The number of anilines is 1. The molecule has 0 aliphatic carbocycles. The molecule has 0 saturated heterocycles. The number of hydrogen-bond acceptors (Lipinski definition) is 5. The van der Waals surface area contributed by atoms with Gasteiger partial charge in [-0.3, -0.25) is 10.2 Å². The van der Waals surface area contributed by atoms with Crippen LogP contribution in [-0.4, -0.2) is 9.66 Å². The summed E-state index contributed by atoms with van der Waals surface area (Å²) in [6.45, 7) is 1.76. The van der Waals surface area contributed by atoms with Gasteiger partial charge in [0.05, 0.1) is 5.69 Å². The Balaban J connectivity index is 2.46. The molecule has 0 spiro atoms. The van der Waals surface area contributed by atoms with Crippen LogP contribution in [0.15, 0.2) is 35.1 Å². The smallest absolute Gasteiger partial charge is 0.277 e. The van der Waals surface area contributed by atoms with Gasteiger partial charge in [-0.05, 0) is 12.5 Å². The standard InChI is InChI=1S/C12H15N5O/c1-8-10(7-9-5-3-2-4-6-9)11(18)17(14)12(15-8)16-13/h2-6H,7,13-14H2,1H3,(H,15,16). The lowest BCUT2D eigenvalue weighted by molar-refractivity contribution is 0.843. The summed E-state index contributed by atoms with van der Waals surface area (Å²) in [6, 6.07) is 9.69. The fourth-order valence-corrected chi connectivity index (χ4v) is 1.78. The number of benzene rings is 1. The number of nitrogens with two attached hydrogens (primary N) is 2. The predicted molar refractivity (Wildman–Crippen MR) is 70.4 cm³/mol. The van der Waals surface area contributed by atoms with Gasteiger partial charge in [0.1, 0.15) is 0 Å². The number of aromatic nitrogens is 2. The average molecular weight is 245 g/mol. The summed E-state index contributed by atoms with van der Waals surface area (Å²) < 4.78 is 0.922. The molecule has 2 rings (SSSR count). The third-order valence-corrected chi connectivity index (χ3v) is 2.77. The van der Waals surface area contributed by atoms with Gasteiger partial charge in [-0.25, -0.2) is 10.8 Å². The second-order valence-corrected chi connectivity index (χ2v) is 3.98. The van der Waals surface area contributed by atoms with Gasteiger partial charge < -0.3 is 5.84 Å². The fraction of sp³-hybridized carbons (Fsp3) is 0.167. The van der Waals surface area contributed by atoms with Gasteiger partial charge in [0, 0.05) is 12.0 Å². The summed E-state index contributed by atoms with van der Waals surface area (Å²) in [6.07, 6.45) is 0.501. The Morgan fingerprint density at radius 1 is 1.33 bits per heavy atom. The maximum absolute atomic E-state index is 12.1. The van der Waals surface area contributed by atoms with E-state index < -0.39 is 0 Å². The van der Waals surface area contributed by atoms with Crippen LogP contribution in [0.25, 0.3) is 0 Å². The minimum absolute atomic E-state index is 0.148. The first-order valence-corrected chi connectivity index (χ1v) is 5.51. The summed E-state index contributed by atoms with van der Waals surface area (Å²) in [5, 5.41) is 0. The molecule has 6 heteroatoms. The lowest BCUT2D eigenvalue weighted by Crippen LogP contribution is -2.35. The van der Waals surface area contributed by atoms with E-state index >= 15 is 0 Å². The molecule has 1 heterocycles. The number of hydrogen-bond donors (Lipinski definition) is 3. The summed E-state index contributed by atoms with van der Waals surface area (Å²) in [5.41, 5.74) is 4.23. The van der Waals surface area contributed by atoms with Crippen LogP contribution < -0.4 is 22.7 Å². The Morgan fingerprint density at radius 2 is 2.00 bits per heavy atom. The Morgan fingerprint density at radius 3 is 2.61 bits per heavy atom. The monoisotopic (exact) mass is 245 g/mol. The van der Waals surface area contributed by atoms with Crippen molar-refractivity contribution in [2.75, 3.05) is 11.3 Å². The number of nitrogens with one attached hydrogen (secondary N) is 1. The summed E-state index contributed by atoms with van der Waals surface area (Å²) in [5.74, 6) is 11.0. The molecule has 0 saturated carbocycles. The summed E-state index contributed by atoms with van der Waals surface area (Å²) >= 11 is 0. The first kappa shape index (κ1) is 12.1. The number of nitrogen functional groups attached to an aromatic ring is 2. The van der Waals surface area contributed by atoms with E-state index in [9.17, 15) is 4.79 Å². The molecule has 5 N–H and O–H groups in total. The summed E-state index contributed by atoms with van der Waals surface area (Å²) in [4.78, 5) is 16.2. The SMILES string of the molecule is Cc1nc(NN)n(N)c(=O)c1Cc1ccccc1. The van der Waals surface area contributed by atoms with Crippen molar-refractivity contribution in [3.63, 3.8) is 0 Å². The summed E-state index contributed by atoms with van der Waals surface area (Å²) in [7, 11) is 0. The highest BCUT2D eigenvalue weighted by molar-refractivity contribution is 5.33. The maximum atomic E-state index is 12.1. The Labute approximate surface area is 104 Å². The molecule has 1 aromatic carbocycles. The molecule has 1 aromatic heterocycles. The quantitative estimate of drug-likeness (QED) is 0.528. The van der Waals surface area contributed by atoms with Crippen molar-refractivity contribution in [2.45, 2.75) is 13.3 Å². The molecule has 0 fully saturated rings. The molecule has 94 valence electrons. The van der Waals surface area contributed by atoms with Crippen LogP contribution in [0.4, 0.5) is 5.95 Å². The van der Waals surface area contributed by atoms with Gasteiger partial charge in [-0.1, -0.05) is 30.3 Å². The molecule has 0 bridgehead atoms. The van der Waals surface area contributed by atoms with Crippen molar-refractivity contribution in [2.24, 2.45) is 5.84 Å². The van der Waals surface area contributed by atoms with Crippen molar-refractivity contribution in [1.82, 2.24) is 9.66 Å². The Hall–Kier alpha value is -2.34. The van der Waals surface area contributed by atoms with E-state index in [4.69, 9.17) is 11.7 Å². The molecule has 0 aliphatic heterocycles. The largest absolute Gasteiger partial charge is 0.333 e. The number of nitrogens with zero attached hydrogens (tertiary/aromatic N) is 2. The Bertz CT molecular complexity index is 606. The highest BCUT2D eigenvalue weighted by Gasteiger charge is 2.12. The molecule has 2 aromatic rings. The third-order valence-electron chi connectivity index (χ3n) is 2.77. The van der Waals surface area contributed by atoms with E-state index in [1.807, 2.05) is 30.3 Å². The normalized spacial score (nSPS) is 10.3. The van der Waals surface area contributed by atoms with Crippen LogP contribution in [0.2, 0.25) is 0 Å². The molecule has 0 unspecified atom stereocenters. The van der Waals surface area contributed by atoms with Crippen LogP contribution in [-0.2, 0) is 6.42 Å². The second kappa shape index (κ2) is 4.89. The molecule has 0 atom stereocenters. The average Bonchev–Trinajstić information content (AvgIpc) is 2.40. The molecule has 0 aliphatic rings. The first-order valence-electron chi connectivity index (χ1n) is 5.51. The lowest BCUT2D eigenvalue weighted by atomic mass is 10.1. The van der Waals surface area contributed by atoms with Gasteiger partial charge in [0.25, 0.3) is 5.56 Å². The molecule has 0 radical (unpaired) electrons. The van der Waals surface area contributed by atoms with Crippen LogP contribution in [0, 0.1) is 6.92 Å². The van der Waals surface area contributed by atoms with Crippen molar-refractivity contribution in [1.29, 1.82) is 0 Å². The third kappa shape index (κ3) is 2.18. The maximum Gasteiger partial charge on any atom is 0.277 e. The van der Waals surface area contributed by atoms with E-state index in [1.54, 1.807) is 6.92 Å². The van der Waals surface area contributed by atoms with Gasteiger partial charge in [-0.2, -0.15) is 4.68 Å². The van der Waals surface area contributed by atoms with Gasteiger partial charge in [0.2, 0.25) is 5.95 Å². The highest BCUT2D eigenvalue weighted by Crippen LogP contribution is 2.09. The van der Waals surface area contributed by atoms with Gasteiger partial charge >= 0.3 is 0 Å². The highest BCUT2D eigenvalue weighted by atomic mass is 16.1. The van der Waals surface area contributed by atoms with Crippen LogP contribution in [0.1, 0.15) is 16.8 Å². The van der Waals surface area contributed by atoms with Crippen LogP contribution in [0.3, 0.4) is 0 Å². The topological polar surface area (TPSA) is 99.0 Å². The van der Waals surface area contributed by atoms with E-state index in [-0.39, 0.29) is 11.5 Å². The van der Waals surface area contributed by atoms with Crippen molar-refractivity contribution in [3.05, 3.63) is 57.5 Å². The van der Waals surface area contributed by atoms with Gasteiger partial charge in [0.15, 0.2) is 0 Å². The zero-order valence-electron chi connectivity index (χ0n) is 10.1. The number of hydrazine groups is 1. The number of aryl methyl sites for hydroxylation is 1. The number of rotatable bonds is 3.